The number of halogens is 1. The molecule has 2 N–H and O–H groups in total. The number of para-hydroxylation sites is 1. The molecule has 0 fully saturated rings. The van der Waals surface area contributed by atoms with Gasteiger partial charge in [0.1, 0.15) is 11.3 Å². The van der Waals surface area contributed by atoms with Crippen molar-refractivity contribution in [2.45, 2.75) is 33.2 Å². The molecule has 0 spiro atoms. The summed E-state index contributed by atoms with van der Waals surface area (Å²) in [6.45, 7) is 7.85. The summed E-state index contributed by atoms with van der Waals surface area (Å²) >= 11 is 0. The molecule has 0 atom stereocenters. The lowest BCUT2D eigenvalue weighted by atomic mass is 10.2. The lowest BCUT2D eigenvalue weighted by Crippen LogP contribution is -2.41. The van der Waals surface area contributed by atoms with Gasteiger partial charge in [0.05, 0.1) is 0 Å². The molecule has 0 aliphatic carbocycles. The normalized spacial score (nSPS) is 11.5. The largest absolute Gasteiger partial charge is 0.461 e. The molecule has 0 amide bonds. The van der Waals surface area contributed by atoms with E-state index >= 15 is 0 Å². The molecule has 0 saturated heterocycles. The van der Waals surface area contributed by atoms with Crippen LogP contribution in [0, 0.1) is 0 Å². The van der Waals surface area contributed by atoms with Gasteiger partial charge in [-0.1, -0.05) is 18.2 Å². The highest BCUT2D eigenvalue weighted by Gasteiger charge is 2.03. The van der Waals surface area contributed by atoms with Crippen molar-refractivity contribution in [1.29, 1.82) is 0 Å². The Kier molecular flexibility index (Phi) is 7.56. The van der Waals surface area contributed by atoms with Gasteiger partial charge >= 0.3 is 0 Å². The fourth-order valence-corrected chi connectivity index (χ4v) is 2.03. The van der Waals surface area contributed by atoms with Gasteiger partial charge in [0.2, 0.25) is 0 Å². The number of nitrogens with zero attached hydrogens (tertiary/aromatic N) is 1. The zero-order valence-corrected chi connectivity index (χ0v) is 15.2. The Morgan fingerprint density at radius 2 is 2.05 bits per heavy atom. The highest BCUT2D eigenvalue weighted by molar-refractivity contribution is 14.0. The Labute approximate surface area is 143 Å². The standard InChI is InChI=1S/C16H23N3O.HI/c1-4-17-16(19-12(2)3)18-10-9-14-11-13-7-5-6-8-15(13)20-14;/h5-8,11-12H,4,9-10H2,1-3H3,(H2,17,18,19);1H. The highest BCUT2D eigenvalue weighted by Crippen LogP contribution is 2.18. The molecule has 1 aromatic carbocycles. The monoisotopic (exact) mass is 401 g/mol. The van der Waals surface area contributed by atoms with Crippen molar-refractivity contribution in [1.82, 2.24) is 10.6 Å². The number of furan rings is 1. The Morgan fingerprint density at radius 1 is 1.29 bits per heavy atom. The molecule has 5 heteroatoms. The van der Waals surface area contributed by atoms with Crippen LogP contribution in [0.5, 0.6) is 0 Å². The Morgan fingerprint density at radius 3 is 2.71 bits per heavy atom. The van der Waals surface area contributed by atoms with Gasteiger partial charge in [-0.15, -0.1) is 24.0 Å². The van der Waals surface area contributed by atoms with E-state index < -0.39 is 0 Å². The first kappa shape index (κ1) is 17.8. The molecule has 0 aliphatic rings. The number of hydrogen-bond acceptors (Lipinski definition) is 2. The van der Waals surface area contributed by atoms with Crippen molar-refractivity contribution in [2.75, 3.05) is 13.1 Å². The number of benzene rings is 1. The Balaban J connectivity index is 0.00000220. The number of fused-ring (bicyclic) bond motifs is 1. The van der Waals surface area contributed by atoms with Gasteiger partial charge in [-0.2, -0.15) is 0 Å². The van der Waals surface area contributed by atoms with Gasteiger partial charge in [0, 0.05) is 30.9 Å². The average Bonchev–Trinajstić information content (AvgIpc) is 2.80. The molecule has 1 aromatic heterocycles. The number of guanidine groups is 1. The molecule has 2 rings (SSSR count). The second-order valence-electron chi connectivity index (χ2n) is 5.06. The van der Waals surface area contributed by atoms with Crippen LogP contribution in [0.15, 0.2) is 39.7 Å². The van der Waals surface area contributed by atoms with Crippen molar-refractivity contribution < 1.29 is 4.42 Å². The van der Waals surface area contributed by atoms with Gasteiger partial charge < -0.3 is 15.1 Å². The molecule has 0 aliphatic heterocycles. The molecule has 116 valence electrons. The van der Waals surface area contributed by atoms with Gasteiger partial charge in [-0.25, -0.2) is 0 Å². The molecule has 0 saturated carbocycles. The van der Waals surface area contributed by atoms with Crippen LogP contribution >= 0.6 is 24.0 Å². The molecule has 1 heterocycles. The third-order valence-corrected chi connectivity index (χ3v) is 2.87. The summed E-state index contributed by atoms with van der Waals surface area (Å²) in [6, 6.07) is 10.5. The molecular weight excluding hydrogens is 377 g/mol. The van der Waals surface area contributed by atoms with E-state index in [4.69, 9.17) is 4.42 Å². The fourth-order valence-electron chi connectivity index (χ4n) is 2.03. The number of rotatable bonds is 5. The summed E-state index contributed by atoms with van der Waals surface area (Å²) in [4.78, 5) is 4.55. The van der Waals surface area contributed by atoms with Crippen LogP contribution in [0.2, 0.25) is 0 Å². The lowest BCUT2D eigenvalue weighted by molar-refractivity contribution is 0.550. The van der Waals surface area contributed by atoms with Gasteiger partial charge in [0.25, 0.3) is 0 Å². The summed E-state index contributed by atoms with van der Waals surface area (Å²) in [6.07, 6.45) is 0.809. The van der Waals surface area contributed by atoms with Gasteiger partial charge in [-0.05, 0) is 32.9 Å². The van der Waals surface area contributed by atoms with Crippen LogP contribution in [0.4, 0.5) is 0 Å². The van der Waals surface area contributed by atoms with E-state index in [0.717, 1.165) is 35.7 Å². The first-order valence-electron chi connectivity index (χ1n) is 7.21. The predicted molar refractivity (Wildman–Crippen MR) is 99.6 cm³/mol. The van der Waals surface area contributed by atoms with Crippen molar-refractivity contribution >= 4 is 40.9 Å². The second-order valence-corrected chi connectivity index (χ2v) is 5.06. The fraction of sp³-hybridized carbons (Fsp3) is 0.438. The van der Waals surface area contributed by atoms with E-state index in [-0.39, 0.29) is 24.0 Å². The van der Waals surface area contributed by atoms with Crippen LogP contribution in [0.25, 0.3) is 11.0 Å². The summed E-state index contributed by atoms with van der Waals surface area (Å²) in [5.41, 5.74) is 0.943. The number of nitrogens with one attached hydrogen (secondary N) is 2. The van der Waals surface area contributed by atoms with E-state index in [1.807, 2.05) is 18.2 Å². The zero-order chi connectivity index (χ0) is 14.4. The molecule has 0 unspecified atom stereocenters. The van der Waals surface area contributed by atoms with Gasteiger partial charge in [0.15, 0.2) is 5.96 Å². The van der Waals surface area contributed by atoms with Crippen molar-refractivity contribution in [3.63, 3.8) is 0 Å². The SMILES string of the molecule is CCNC(=NCCc1cc2ccccc2o1)NC(C)C.I. The van der Waals surface area contributed by atoms with E-state index in [0.29, 0.717) is 12.6 Å². The van der Waals surface area contributed by atoms with Crippen molar-refractivity contribution in [3.05, 3.63) is 36.1 Å². The van der Waals surface area contributed by atoms with Gasteiger partial charge in [-0.3, -0.25) is 4.99 Å². The minimum atomic E-state index is 0. The van der Waals surface area contributed by atoms with Crippen molar-refractivity contribution in [2.24, 2.45) is 4.99 Å². The van der Waals surface area contributed by atoms with E-state index in [1.54, 1.807) is 0 Å². The third kappa shape index (κ3) is 5.57. The quantitative estimate of drug-likeness (QED) is 0.458. The topological polar surface area (TPSA) is 49.6 Å². The smallest absolute Gasteiger partial charge is 0.191 e. The van der Waals surface area contributed by atoms with E-state index in [1.165, 1.54) is 0 Å². The summed E-state index contributed by atoms with van der Waals surface area (Å²) in [5, 5.41) is 7.69. The maximum atomic E-state index is 5.78. The summed E-state index contributed by atoms with van der Waals surface area (Å²) in [5.74, 6) is 1.84. The lowest BCUT2D eigenvalue weighted by Gasteiger charge is -2.13. The van der Waals surface area contributed by atoms with Crippen LogP contribution in [-0.2, 0) is 6.42 Å². The zero-order valence-electron chi connectivity index (χ0n) is 12.8. The summed E-state index contributed by atoms with van der Waals surface area (Å²) in [7, 11) is 0. The molecule has 0 bridgehead atoms. The van der Waals surface area contributed by atoms with E-state index in [9.17, 15) is 0 Å². The first-order chi connectivity index (χ1) is 9.69. The minimum absolute atomic E-state index is 0. The first-order valence-corrected chi connectivity index (χ1v) is 7.21. The maximum absolute atomic E-state index is 5.78. The molecule has 2 aromatic rings. The van der Waals surface area contributed by atoms with Crippen LogP contribution in [-0.4, -0.2) is 25.1 Å². The Hall–Kier alpha value is -1.24. The summed E-state index contributed by atoms with van der Waals surface area (Å²) < 4.78 is 5.78. The molecule has 4 nitrogen and oxygen atoms in total. The Bertz CT molecular complexity index is 545. The highest BCUT2D eigenvalue weighted by atomic mass is 127. The minimum Gasteiger partial charge on any atom is -0.461 e. The maximum Gasteiger partial charge on any atom is 0.191 e. The molecule has 0 radical (unpaired) electrons. The van der Waals surface area contributed by atoms with Crippen LogP contribution in [0.3, 0.4) is 0 Å². The number of aliphatic imine (C=N–C) groups is 1. The van der Waals surface area contributed by atoms with Crippen LogP contribution in [0.1, 0.15) is 26.5 Å². The van der Waals surface area contributed by atoms with Crippen molar-refractivity contribution in [3.8, 4) is 0 Å². The van der Waals surface area contributed by atoms with E-state index in [2.05, 4.69) is 48.5 Å². The van der Waals surface area contributed by atoms with Crippen LogP contribution < -0.4 is 10.6 Å². The number of hydrogen-bond donors (Lipinski definition) is 2. The molecular formula is C16H24IN3O. The third-order valence-electron chi connectivity index (χ3n) is 2.87. The molecule has 21 heavy (non-hydrogen) atoms. The predicted octanol–water partition coefficient (Wildman–Crippen LogP) is 3.56. The second kappa shape index (κ2) is 8.92. The average molecular weight is 401 g/mol.